The van der Waals surface area contributed by atoms with Crippen LogP contribution in [0.3, 0.4) is 0 Å². The molecule has 1 atom stereocenters. The van der Waals surface area contributed by atoms with Gasteiger partial charge in [-0.1, -0.05) is 6.42 Å². The molecule has 3 rings (SSSR count). The molecule has 0 bridgehead atoms. The van der Waals surface area contributed by atoms with Crippen molar-refractivity contribution in [3.63, 3.8) is 0 Å². The Balaban J connectivity index is 2.08. The molecule has 17 heavy (non-hydrogen) atoms. The minimum Gasteiger partial charge on any atom is -0.327 e. The Kier molecular flexibility index (Phi) is 2.81. The van der Waals surface area contributed by atoms with Crippen LogP contribution >= 0.6 is 0 Å². The monoisotopic (exact) mass is 230 g/mol. The number of rotatable bonds is 2. The molecule has 1 aliphatic heterocycles. The van der Waals surface area contributed by atoms with Crippen LogP contribution in [0.25, 0.3) is 11.0 Å². The summed E-state index contributed by atoms with van der Waals surface area (Å²) in [5.74, 6) is 1.18. The van der Waals surface area contributed by atoms with Crippen LogP contribution in [0.1, 0.15) is 38.1 Å². The largest absolute Gasteiger partial charge is 0.327 e. The Labute approximate surface area is 101 Å². The molecule has 1 fully saturated rings. The number of hydrogen-bond donors (Lipinski definition) is 1. The summed E-state index contributed by atoms with van der Waals surface area (Å²) in [6.07, 6.45) is 7.46. The zero-order valence-electron chi connectivity index (χ0n) is 10.2. The van der Waals surface area contributed by atoms with Gasteiger partial charge in [0.05, 0.1) is 17.8 Å². The Hall–Kier alpha value is -1.42. The molecule has 0 saturated carbocycles. The molecule has 0 aliphatic carbocycles. The quantitative estimate of drug-likeness (QED) is 0.860. The summed E-state index contributed by atoms with van der Waals surface area (Å²) in [4.78, 5) is 8.90. The molecule has 0 amide bonds. The van der Waals surface area contributed by atoms with Gasteiger partial charge in [-0.3, -0.25) is 4.98 Å². The minimum absolute atomic E-state index is 0.413. The fraction of sp³-hybridized carbons (Fsp3) is 0.538. The van der Waals surface area contributed by atoms with Crippen molar-refractivity contribution in [1.29, 1.82) is 0 Å². The zero-order chi connectivity index (χ0) is 11.7. The van der Waals surface area contributed by atoms with Gasteiger partial charge < -0.3 is 9.88 Å². The molecule has 4 nitrogen and oxygen atoms in total. The molecule has 0 radical (unpaired) electrons. The SMILES string of the molecule is CCn1c(C2CCCCN2)nc2cnccc21. The summed E-state index contributed by atoms with van der Waals surface area (Å²) < 4.78 is 2.31. The minimum atomic E-state index is 0.413. The van der Waals surface area contributed by atoms with Gasteiger partial charge in [0.2, 0.25) is 0 Å². The van der Waals surface area contributed by atoms with Crippen molar-refractivity contribution in [3.05, 3.63) is 24.3 Å². The van der Waals surface area contributed by atoms with Crippen molar-refractivity contribution in [2.24, 2.45) is 0 Å². The van der Waals surface area contributed by atoms with Gasteiger partial charge in [0.25, 0.3) is 0 Å². The van der Waals surface area contributed by atoms with Crippen molar-refractivity contribution < 1.29 is 0 Å². The van der Waals surface area contributed by atoms with Gasteiger partial charge in [0.1, 0.15) is 11.3 Å². The van der Waals surface area contributed by atoms with E-state index < -0.39 is 0 Å². The standard InChI is InChI=1S/C13H18N4/c1-2-17-12-6-8-14-9-11(12)16-13(17)10-5-3-4-7-15-10/h6,8-10,15H,2-5,7H2,1H3. The molecule has 0 aromatic carbocycles. The maximum absolute atomic E-state index is 4.75. The third-order valence-corrected chi connectivity index (χ3v) is 3.52. The van der Waals surface area contributed by atoms with Crippen LogP contribution in [0.4, 0.5) is 0 Å². The van der Waals surface area contributed by atoms with Crippen LogP contribution < -0.4 is 5.32 Å². The summed E-state index contributed by atoms with van der Waals surface area (Å²) in [6.45, 7) is 4.25. The molecule has 3 heterocycles. The van der Waals surface area contributed by atoms with E-state index in [4.69, 9.17) is 4.98 Å². The van der Waals surface area contributed by atoms with Crippen LogP contribution in [-0.4, -0.2) is 21.1 Å². The molecule has 1 N–H and O–H groups in total. The lowest BCUT2D eigenvalue weighted by Gasteiger charge is -2.23. The van der Waals surface area contributed by atoms with Crippen LogP contribution in [0, 0.1) is 0 Å². The first-order valence-electron chi connectivity index (χ1n) is 6.43. The Bertz CT molecular complexity index is 511. The smallest absolute Gasteiger partial charge is 0.127 e. The van der Waals surface area contributed by atoms with Crippen molar-refractivity contribution in [2.75, 3.05) is 6.54 Å². The van der Waals surface area contributed by atoms with Crippen LogP contribution in [-0.2, 0) is 6.54 Å². The van der Waals surface area contributed by atoms with Gasteiger partial charge in [-0.05, 0) is 32.4 Å². The number of imidazole rings is 1. The average molecular weight is 230 g/mol. The predicted octanol–water partition coefficient (Wildman–Crippen LogP) is 2.27. The van der Waals surface area contributed by atoms with Gasteiger partial charge in [-0.25, -0.2) is 4.98 Å². The van der Waals surface area contributed by atoms with E-state index in [1.165, 1.54) is 30.6 Å². The summed E-state index contributed by atoms with van der Waals surface area (Å²) in [6, 6.07) is 2.47. The molecule has 0 spiro atoms. The number of nitrogens with one attached hydrogen (secondary N) is 1. The van der Waals surface area contributed by atoms with E-state index in [1.807, 2.05) is 12.4 Å². The predicted molar refractivity (Wildman–Crippen MR) is 67.8 cm³/mol. The summed E-state index contributed by atoms with van der Waals surface area (Å²) >= 11 is 0. The second kappa shape index (κ2) is 4.45. The van der Waals surface area contributed by atoms with E-state index >= 15 is 0 Å². The number of piperidine rings is 1. The highest BCUT2D eigenvalue weighted by molar-refractivity contribution is 5.74. The molecule has 4 heteroatoms. The highest BCUT2D eigenvalue weighted by Crippen LogP contribution is 2.25. The molecule has 1 saturated heterocycles. The fourth-order valence-corrected chi connectivity index (χ4v) is 2.67. The number of aromatic nitrogens is 3. The lowest BCUT2D eigenvalue weighted by Crippen LogP contribution is -2.29. The van der Waals surface area contributed by atoms with E-state index in [9.17, 15) is 0 Å². The van der Waals surface area contributed by atoms with Crippen LogP contribution in [0.5, 0.6) is 0 Å². The normalized spacial score (nSPS) is 20.9. The van der Waals surface area contributed by atoms with Crippen LogP contribution in [0.15, 0.2) is 18.5 Å². The Morgan fingerprint density at radius 1 is 1.47 bits per heavy atom. The second-order valence-electron chi connectivity index (χ2n) is 4.58. The van der Waals surface area contributed by atoms with Crippen LogP contribution in [0.2, 0.25) is 0 Å². The fourth-order valence-electron chi connectivity index (χ4n) is 2.67. The number of nitrogens with zero attached hydrogens (tertiary/aromatic N) is 3. The lowest BCUT2D eigenvalue weighted by molar-refractivity contribution is 0.388. The van der Waals surface area contributed by atoms with E-state index in [1.54, 1.807) is 0 Å². The van der Waals surface area contributed by atoms with E-state index in [0.29, 0.717) is 6.04 Å². The summed E-state index contributed by atoms with van der Waals surface area (Å²) in [5.41, 5.74) is 2.21. The molecule has 90 valence electrons. The lowest BCUT2D eigenvalue weighted by atomic mass is 10.0. The van der Waals surface area contributed by atoms with Gasteiger partial charge in [0, 0.05) is 12.7 Å². The summed E-state index contributed by atoms with van der Waals surface area (Å²) in [7, 11) is 0. The van der Waals surface area contributed by atoms with Crippen molar-refractivity contribution >= 4 is 11.0 Å². The van der Waals surface area contributed by atoms with Crippen molar-refractivity contribution in [1.82, 2.24) is 19.9 Å². The number of pyridine rings is 1. The van der Waals surface area contributed by atoms with Crippen molar-refractivity contribution in [2.45, 2.75) is 38.8 Å². The third kappa shape index (κ3) is 1.82. The summed E-state index contributed by atoms with van der Waals surface area (Å²) in [5, 5.41) is 3.57. The molecule has 2 aromatic rings. The molecular weight excluding hydrogens is 212 g/mol. The average Bonchev–Trinajstić information content (AvgIpc) is 2.78. The number of fused-ring (bicyclic) bond motifs is 1. The maximum atomic E-state index is 4.75. The molecule has 1 unspecified atom stereocenters. The van der Waals surface area contributed by atoms with Crippen molar-refractivity contribution in [3.8, 4) is 0 Å². The van der Waals surface area contributed by atoms with Gasteiger partial charge in [-0.2, -0.15) is 0 Å². The third-order valence-electron chi connectivity index (χ3n) is 3.52. The highest BCUT2D eigenvalue weighted by atomic mass is 15.1. The highest BCUT2D eigenvalue weighted by Gasteiger charge is 2.21. The van der Waals surface area contributed by atoms with E-state index in [0.717, 1.165) is 18.6 Å². The number of aryl methyl sites for hydroxylation is 1. The number of hydrogen-bond acceptors (Lipinski definition) is 3. The maximum Gasteiger partial charge on any atom is 0.127 e. The van der Waals surface area contributed by atoms with E-state index in [-0.39, 0.29) is 0 Å². The first-order valence-corrected chi connectivity index (χ1v) is 6.43. The first-order chi connectivity index (χ1) is 8.40. The topological polar surface area (TPSA) is 42.7 Å². The molecule has 1 aliphatic rings. The molecular formula is C13H18N4. The zero-order valence-corrected chi connectivity index (χ0v) is 10.2. The second-order valence-corrected chi connectivity index (χ2v) is 4.58. The Morgan fingerprint density at radius 3 is 3.18 bits per heavy atom. The molecule has 2 aromatic heterocycles. The first kappa shape index (κ1) is 10.7. The van der Waals surface area contributed by atoms with Gasteiger partial charge in [-0.15, -0.1) is 0 Å². The van der Waals surface area contributed by atoms with Gasteiger partial charge >= 0.3 is 0 Å². The Morgan fingerprint density at radius 2 is 2.41 bits per heavy atom. The van der Waals surface area contributed by atoms with E-state index in [2.05, 4.69) is 27.9 Å². The van der Waals surface area contributed by atoms with Gasteiger partial charge in [0.15, 0.2) is 0 Å².